The molecule has 0 aliphatic rings. The largest absolute Gasteiger partial charge is 0.497 e. The zero-order chi connectivity index (χ0) is 17.1. The monoisotopic (exact) mass is 342 g/mol. The summed E-state index contributed by atoms with van der Waals surface area (Å²) in [6.45, 7) is 3.86. The van der Waals surface area contributed by atoms with Gasteiger partial charge in [0.25, 0.3) is 5.91 Å². The van der Waals surface area contributed by atoms with Crippen LogP contribution in [0, 0.1) is 6.92 Å². The number of nitrogens with one attached hydrogen (secondary N) is 2. The lowest BCUT2D eigenvalue weighted by atomic mass is 10.1. The van der Waals surface area contributed by atoms with E-state index in [1.807, 2.05) is 43.5 Å². The van der Waals surface area contributed by atoms with Crippen LogP contribution in [-0.2, 0) is 0 Å². The highest BCUT2D eigenvalue weighted by Crippen LogP contribution is 2.24. The Hall–Kier alpha value is -2.67. The van der Waals surface area contributed by atoms with Crippen molar-refractivity contribution in [2.75, 3.05) is 7.11 Å². The van der Waals surface area contributed by atoms with Crippen molar-refractivity contribution in [2.24, 2.45) is 0 Å². The van der Waals surface area contributed by atoms with Crippen LogP contribution in [0.5, 0.6) is 5.75 Å². The van der Waals surface area contributed by atoms with Crippen LogP contribution < -0.4 is 10.1 Å². The number of ether oxygens (including phenoxy) is 1. The lowest BCUT2D eigenvalue weighted by molar-refractivity contribution is 0.0940. The first-order chi connectivity index (χ1) is 11.6. The Balaban J connectivity index is 1.79. The smallest absolute Gasteiger partial charge is 0.255 e. The Kier molecular flexibility index (Phi) is 4.61. The van der Waals surface area contributed by atoms with Gasteiger partial charge >= 0.3 is 0 Å². The topological polar surface area (TPSA) is 79.9 Å². The van der Waals surface area contributed by atoms with Crippen LogP contribution in [0.25, 0.3) is 11.3 Å². The Morgan fingerprint density at radius 1 is 1.33 bits per heavy atom. The maximum Gasteiger partial charge on any atom is 0.255 e. The molecule has 6 nitrogen and oxygen atoms in total. The molecule has 0 spiro atoms. The summed E-state index contributed by atoms with van der Waals surface area (Å²) in [5.74, 6) is 0.574. The molecule has 24 heavy (non-hydrogen) atoms. The highest BCUT2D eigenvalue weighted by molar-refractivity contribution is 7.09. The summed E-state index contributed by atoms with van der Waals surface area (Å²) in [7, 11) is 1.62. The molecule has 0 saturated carbocycles. The Morgan fingerprint density at radius 2 is 2.08 bits per heavy atom. The van der Waals surface area contributed by atoms with Gasteiger partial charge in [-0.2, -0.15) is 5.10 Å². The second-order valence-corrected chi connectivity index (χ2v) is 6.44. The molecule has 1 amide bonds. The fourth-order valence-electron chi connectivity index (χ4n) is 2.36. The average molecular weight is 342 g/mol. The van der Waals surface area contributed by atoms with E-state index in [0.717, 1.165) is 22.0 Å². The predicted molar refractivity (Wildman–Crippen MR) is 93.3 cm³/mol. The number of hydrogen-bond donors (Lipinski definition) is 2. The van der Waals surface area contributed by atoms with Crippen LogP contribution >= 0.6 is 11.3 Å². The second kappa shape index (κ2) is 6.84. The van der Waals surface area contributed by atoms with Crippen LogP contribution in [0.4, 0.5) is 0 Å². The van der Waals surface area contributed by atoms with Crippen molar-refractivity contribution < 1.29 is 9.53 Å². The van der Waals surface area contributed by atoms with Crippen molar-refractivity contribution in [2.45, 2.75) is 19.9 Å². The summed E-state index contributed by atoms with van der Waals surface area (Å²) >= 11 is 1.57. The first-order valence-electron chi connectivity index (χ1n) is 7.49. The number of aromatic nitrogens is 3. The number of carbonyl (C=O) groups excluding carboxylic acids is 1. The minimum Gasteiger partial charge on any atom is -0.497 e. The number of aromatic amines is 1. The molecule has 0 aliphatic carbocycles. The molecule has 2 N–H and O–H groups in total. The normalized spacial score (nSPS) is 12.0. The van der Waals surface area contributed by atoms with E-state index in [4.69, 9.17) is 4.74 Å². The summed E-state index contributed by atoms with van der Waals surface area (Å²) in [6.07, 6.45) is 1.54. The summed E-state index contributed by atoms with van der Waals surface area (Å²) in [5, 5.41) is 12.8. The first-order valence-corrected chi connectivity index (χ1v) is 8.37. The quantitative estimate of drug-likeness (QED) is 0.745. The summed E-state index contributed by atoms with van der Waals surface area (Å²) in [4.78, 5) is 17.0. The van der Waals surface area contributed by atoms with Crippen LogP contribution in [0.1, 0.15) is 34.0 Å². The molecule has 0 unspecified atom stereocenters. The fraction of sp³-hybridized carbons (Fsp3) is 0.235. The SMILES string of the molecule is COc1ccc(-c2[nH]ncc2C(=O)N[C@@H](C)c2csc(C)n2)cc1. The highest BCUT2D eigenvalue weighted by atomic mass is 32.1. The van der Waals surface area contributed by atoms with E-state index in [0.29, 0.717) is 11.3 Å². The lowest BCUT2D eigenvalue weighted by Crippen LogP contribution is -2.27. The third-order valence-corrected chi connectivity index (χ3v) is 4.48. The number of benzene rings is 1. The molecule has 3 aromatic rings. The molecule has 2 heterocycles. The maximum atomic E-state index is 12.6. The predicted octanol–water partition coefficient (Wildman–Crippen LogP) is 3.34. The zero-order valence-electron chi connectivity index (χ0n) is 13.7. The van der Waals surface area contributed by atoms with E-state index in [1.54, 1.807) is 18.4 Å². The van der Waals surface area contributed by atoms with Gasteiger partial charge in [-0.25, -0.2) is 4.98 Å². The Morgan fingerprint density at radius 3 is 2.71 bits per heavy atom. The minimum atomic E-state index is -0.187. The van der Waals surface area contributed by atoms with E-state index in [1.165, 1.54) is 6.20 Å². The van der Waals surface area contributed by atoms with Crippen molar-refractivity contribution in [3.05, 3.63) is 52.1 Å². The second-order valence-electron chi connectivity index (χ2n) is 5.37. The number of H-pyrrole nitrogens is 1. The van der Waals surface area contributed by atoms with Crippen molar-refractivity contribution in [3.8, 4) is 17.0 Å². The molecular formula is C17H18N4O2S. The average Bonchev–Trinajstić information content (AvgIpc) is 3.24. The number of amides is 1. The number of methoxy groups -OCH3 is 1. The molecular weight excluding hydrogens is 324 g/mol. The van der Waals surface area contributed by atoms with Gasteiger partial charge in [-0.1, -0.05) is 0 Å². The number of rotatable bonds is 5. The fourth-order valence-corrected chi connectivity index (χ4v) is 3.07. The van der Waals surface area contributed by atoms with Crippen LogP contribution in [-0.4, -0.2) is 28.2 Å². The molecule has 3 rings (SSSR count). The van der Waals surface area contributed by atoms with Gasteiger partial charge in [0.2, 0.25) is 0 Å². The van der Waals surface area contributed by atoms with Gasteiger partial charge in [-0.05, 0) is 38.1 Å². The minimum absolute atomic E-state index is 0.166. The van der Waals surface area contributed by atoms with E-state index in [2.05, 4.69) is 20.5 Å². The third-order valence-electron chi connectivity index (χ3n) is 3.69. The maximum absolute atomic E-state index is 12.6. The van der Waals surface area contributed by atoms with Crippen molar-refractivity contribution >= 4 is 17.2 Å². The molecule has 0 saturated heterocycles. The van der Waals surface area contributed by atoms with Gasteiger partial charge in [0.05, 0.1) is 41.3 Å². The standard InChI is InChI=1S/C17H18N4O2S/c1-10(15-9-24-11(2)20-15)19-17(22)14-8-18-21-16(14)12-4-6-13(23-3)7-5-12/h4-10H,1-3H3,(H,18,21)(H,19,22)/t10-/m0/s1. The van der Waals surface area contributed by atoms with Gasteiger partial charge in [0.1, 0.15) is 5.75 Å². The van der Waals surface area contributed by atoms with Crippen LogP contribution in [0.15, 0.2) is 35.8 Å². The molecule has 0 radical (unpaired) electrons. The number of aryl methyl sites for hydroxylation is 1. The molecule has 7 heteroatoms. The zero-order valence-corrected chi connectivity index (χ0v) is 14.5. The van der Waals surface area contributed by atoms with Crippen molar-refractivity contribution in [3.63, 3.8) is 0 Å². The molecule has 0 fully saturated rings. The molecule has 1 aromatic carbocycles. The summed E-state index contributed by atoms with van der Waals surface area (Å²) < 4.78 is 5.16. The van der Waals surface area contributed by atoms with E-state index < -0.39 is 0 Å². The van der Waals surface area contributed by atoms with Gasteiger partial charge in [0.15, 0.2) is 0 Å². The number of nitrogens with zero attached hydrogens (tertiary/aromatic N) is 2. The van der Waals surface area contributed by atoms with Crippen LogP contribution in [0.3, 0.4) is 0 Å². The number of thiazole rings is 1. The highest BCUT2D eigenvalue weighted by Gasteiger charge is 2.18. The lowest BCUT2D eigenvalue weighted by Gasteiger charge is -2.12. The van der Waals surface area contributed by atoms with E-state index in [-0.39, 0.29) is 11.9 Å². The number of hydrogen-bond acceptors (Lipinski definition) is 5. The van der Waals surface area contributed by atoms with E-state index >= 15 is 0 Å². The van der Waals surface area contributed by atoms with Crippen molar-refractivity contribution in [1.29, 1.82) is 0 Å². The van der Waals surface area contributed by atoms with Gasteiger partial charge in [-0.3, -0.25) is 9.89 Å². The Bertz CT molecular complexity index is 838. The summed E-state index contributed by atoms with van der Waals surface area (Å²) in [5.41, 5.74) is 2.91. The van der Waals surface area contributed by atoms with E-state index in [9.17, 15) is 4.79 Å². The molecule has 2 aromatic heterocycles. The van der Waals surface area contributed by atoms with Gasteiger partial charge in [0, 0.05) is 10.9 Å². The van der Waals surface area contributed by atoms with Gasteiger partial charge in [-0.15, -0.1) is 11.3 Å². The summed E-state index contributed by atoms with van der Waals surface area (Å²) in [6, 6.07) is 7.30. The van der Waals surface area contributed by atoms with Crippen molar-refractivity contribution in [1.82, 2.24) is 20.5 Å². The number of carbonyl (C=O) groups is 1. The van der Waals surface area contributed by atoms with Crippen LogP contribution in [0.2, 0.25) is 0 Å². The molecule has 1 atom stereocenters. The molecule has 0 aliphatic heterocycles. The Labute approximate surface area is 143 Å². The molecule has 124 valence electrons. The van der Waals surface area contributed by atoms with Gasteiger partial charge < -0.3 is 10.1 Å². The first kappa shape index (κ1) is 16.2. The molecule has 0 bridgehead atoms. The third kappa shape index (κ3) is 3.30.